The zero-order valence-electron chi connectivity index (χ0n) is 15.1. The molecular weight excluding hydrogens is 338 g/mol. The van der Waals surface area contributed by atoms with Gasteiger partial charge in [-0.15, -0.1) is 0 Å². The predicted molar refractivity (Wildman–Crippen MR) is 94.4 cm³/mol. The third-order valence-electron chi connectivity index (χ3n) is 4.04. The SMILES string of the molecule is CCNC(=O)NC(=O)[C@H](C)OC(=O)[C@H]1CC(=O)N(c2ccc(C)cc2)C1. The summed E-state index contributed by atoms with van der Waals surface area (Å²) in [5.41, 5.74) is 1.79. The molecule has 0 aliphatic carbocycles. The lowest BCUT2D eigenvalue weighted by atomic mass is 10.1. The normalized spacial score (nSPS) is 17.6. The summed E-state index contributed by atoms with van der Waals surface area (Å²) in [6, 6.07) is 6.78. The maximum absolute atomic E-state index is 12.3. The van der Waals surface area contributed by atoms with E-state index in [4.69, 9.17) is 4.74 Å². The van der Waals surface area contributed by atoms with Crippen molar-refractivity contribution in [1.29, 1.82) is 0 Å². The molecule has 2 rings (SSSR count). The van der Waals surface area contributed by atoms with E-state index in [0.717, 1.165) is 11.3 Å². The molecule has 2 atom stereocenters. The Morgan fingerprint density at radius 3 is 2.54 bits per heavy atom. The average Bonchev–Trinajstić information content (AvgIpc) is 2.97. The largest absolute Gasteiger partial charge is 0.452 e. The average molecular weight is 361 g/mol. The Bertz CT molecular complexity index is 701. The molecule has 26 heavy (non-hydrogen) atoms. The minimum atomic E-state index is -1.13. The Labute approximate surface area is 151 Å². The van der Waals surface area contributed by atoms with Crippen LogP contribution < -0.4 is 15.5 Å². The topological polar surface area (TPSA) is 105 Å². The fraction of sp³-hybridized carbons (Fsp3) is 0.444. The van der Waals surface area contributed by atoms with E-state index in [2.05, 4.69) is 10.6 Å². The van der Waals surface area contributed by atoms with Crippen LogP contribution in [-0.4, -0.2) is 43.0 Å². The molecule has 0 aromatic heterocycles. The fourth-order valence-electron chi connectivity index (χ4n) is 2.58. The van der Waals surface area contributed by atoms with E-state index in [9.17, 15) is 19.2 Å². The first-order chi connectivity index (χ1) is 12.3. The van der Waals surface area contributed by atoms with Gasteiger partial charge < -0.3 is 15.0 Å². The number of benzene rings is 1. The minimum Gasteiger partial charge on any atom is -0.452 e. The van der Waals surface area contributed by atoms with Gasteiger partial charge in [0.2, 0.25) is 5.91 Å². The Morgan fingerprint density at radius 1 is 1.27 bits per heavy atom. The first-order valence-electron chi connectivity index (χ1n) is 8.48. The molecule has 0 radical (unpaired) electrons. The van der Waals surface area contributed by atoms with Crippen LogP contribution in [0.1, 0.15) is 25.8 Å². The van der Waals surface area contributed by atoms with Crippen molar-refractivity contribution < 1.29 is 23.9 Å². The van der Waals surface area contributed by atoms with Gasteiger partial charge in [0, 0.05) is 25.2 Å². The summed E-state index contributed by atoms with van der Waals surface area (Å²) in [6.07, 6.45) is -1.11. The van der Waals surface area contributed by atoms with Crippen molar-refractivity contribution in [3.63, 3.8) is 0 Å². The summed E-state index contributed by atoms with van der Waals surface area (Å²) < 4.78 is 5.12. The number of ether oxygens (including phenoxy) is 1. The highest BCUT2D eigenvalue weighted by molar-refractivity contribution is 6.00. The van der Waals surface area contributed by atoms with Crippen LogP contribution in [-0.2, 0) is 19.1 Å². The van der Waals surface area contributed by atoms with Gasteiger partial charge in [-0.3, -0.25) is 19.7 Å². The number of carbonyl (C=O) groups is 4. The maximum Gasteiger partial charge on any atom is 0.321 e. The molecule has 0 unspecified atom stereocenters. The molecule has 1 saturated heterocycles. The molecule has 140 valence electrons. The number of carbonyl (C=O) groups excluding carboxylic acids is 4. The van der Waals surface area contributed by atoms with Gasteiger partial charge in [0.1, 0.15) is 0 Å². The first-order valence-corrected chi connectivity index (χ1v) is 8.48. The molecule has 1 aliphatic heterocycles. The van der Waals surface area contributed by atoms with Gasteiger partial charge in [0.25, 0.3) is 5.91 Å². The van der Waals surface area contributed by atoms with Crippen LogP contribution in [0, 0.1) is 12.8 Å². The second-order valence-electron chi connectivity index (χ2n) is 6.17. The van der Waals surface area contributed by atoms with Crippen molar-refractivity contribution in [3.8, 4) is 0 Å². The number of urea groups is 1. The van der Waals surface area contributed by atoms with Gasteiger partial charge in [-0.2, -0.15) is 0 Å². The number of rotatable bonds is 5. The summed E-state index contributed by atoms with van der Waals surface area (Å²) in [5.74, 6) is -2.17. The van der Waals surface area contributed by atoms with Gasteiger partial charge in [0.15, 0.2) is 6.10 Å². The molecule has 4 amide bonds. The fourth-order valence-corrected chi connectivity index (χ4v) is 2.58. The Kier molecular flexibility index (Phi) is 6.32. The molecule has 1 aliphatic rings. The minimum absolute atomic E-state index is 0.0252. The smallest absolute Gasteiger partial charge is 0.321 e. The van der Waals surface area contributed by atoms with Crippen molar-refractivity contribution in [2.45, 2.75) is 33.3 Å². The lowest BCUT2D eigenvalue weighted by Crippen LogP contribution is -2.45. The van der Waals surface area contributed by atoms with Crippen molar-refractivity contribution in [2.24, 2.45) is 5.92 Å². The number of hydrogen-bond acceptors (Lipinski definition) is 5. The van der Waals surface area contributed by atoms with Crippen LogP contribution >= 0.6 is 0 Å². The summed E-state index contributed by atoms with van der Waals surface area (Å²) in [6.45, 7) is 5.60. The third kappa shape index (κ3) is 4.81. The Morgan fingerprint density at radius 2 is 1.92 bits per heavy atom. The van der Waals surface area contributed by atoms with Crippen LogP contribution in [0.3, 0.4) is 0 Å². The van der Waals surface area contributed by atoms with Gasteiger partial charge in [-0.25, -0.2) is 4.79 Å². The number of anilines is 1. The third-order valence-corrected chi connectivity index (χ3v) is 4.04. The monoisotopic (exact) mass is 361 g/mol. The maximum atomic E-state index is 12.3. The number of aryl methyl sites for hydroxylation is 1. The zero-order chi connectivity index (χ0) is 19.3. The molecule has 0 spiro atoms. The van der Waals surface area contributed by atoms with Gasteiger partial charge in [-0.1, -0.05) is 17.7 Å². The highest BCUT2D eigenvalue weighted by Crippen LogP contribution is 2.26. The van der Waals surface area contributed by atoms with Crippen molar-refractivity contribution in [3.05, 3.63) is 29.8 Å². The van der Waals surface area contributed by atoms with Crippen LogP contribution in [0.5, 0.6) is 0 Å². The molecule has 0 bridgehead atoms. The molecule has 8 heteroatoms. The molecule has 0 saturated carbocycles. The van der Waals surface area contributed by atoms with Crippen molar-refractivity contribution >= 4 is 29.5 Å². The second-order valence-corrected chi connectivity index (χ2v) is 6.17. The van der Waals surface area contributed by atoms with Crippen molar-refractivity contribution in [1.82, 2.24) is 10.6 Å². The molecule has 1 aromatic carbocycles. The summed E-state index contributed by atoms with van der Waals surface area (Å²) in [4.78, 5) is 49.2. The highest BCUT2D eigenvalue weighted by Gasteiger charge is 2.37. The predicted octanol–water partition coefficient (Wildman–Crippen LogP) is 1.13. The van der Waals surface area contributed by atoms with E-state index in [1.165, 1.54) is 11.8 Å². The molecule has 1 fully saturated rings. The summed E-state index contributed by atoms with van der Waals surface area (Å²) in [5, 5.41) is 4.49. The van der Waals surface area contributed by atoms with Crippen LogP contribution in [0.2, 0.25) is 0 Å². The Hall–Kier alpha value is -2.90. The quantitative estimate of drug-likeness (QED) is 0.765. The van der Waals surface area contributed by atoms with Crippen LogP contribution in [0.25, 0.3) is 0 Å². The summed E-state index contributed by atoms with van der Waals surface area (Å²) >= 11 is 0. The highest BCUT2D eigenvalue weighted by atomic mass is 16.5. The number of esters is 1. The zero-order valence-corrected chi connectivity index (χ0v) is 15.1. The number of hydrogen-bond donors (Lipinski definition) is 2. The molecule has 1 aromatic rings. The van der Waals surface area contributed by atoms with Crippen LogP contribution in [0.15, 0.2) is 24.3 Å². The van der Waals surface area contributed by atoms with Crippen molar-refractivity contribution in [2.75, 3.05) is 18.0 Å². The molecule has 8 nitrogen and oxygen atoms in total. The standard InChI is InChI=1S/C18H23N3O5/c1-4-19-18(25)20-16(23)12(3)26-17(24)13-9-15(22)21(10-13)14-7-5-11(2)6-8-14/h5-8,12-13H,4,9-10H2,1-3H3,(H2,19,20,23,25)/t12-,13-/m0/s1. The Balaban J connectivity index is 1.92. The molecular formula is C18H23N3O5. The second kappa shape index (κ2) is 8.46. The number of nitrogens with zero attached hydrogens (tertiary/aromatic N) is 1. The van der Waals surface area contributed by atoms with Gasteiger partial charge in [-0.05, 0) is 32.9 Å². The van der Waals surface area contributed by atoms with E-state index in [1.807, 2.05) is 31.2 Å². The summed E-state index contributed by atoms with van der Waals surface area (Å²) in [7, 11) is 0. The molecule has 2 N–H and O–H groups in total. The van der Waals surface area contributed by atoms with Gasteiger partial charge in [0.05, 0.1) is 5.92 Å². The van der Waals surface area contributed by atoms with Gasteiger partial charge >= 0.3 is 12.0 Å². The van der Waals surface area contributed by atoms with E-state index >= 15 is 0 Å². The van der Waals surface area contributed by atoms with E-state index in [-0.39, 0.29) is 18.9 Å². The number of imide groups is 1. The van der Waals surface area contributed by atoms with E-state index < -0.39 is 29.9 Å². The van der Waals surface area contributed by atoms with E-state index in [1.54, 1.807) is 6.92 Å². The lowest BCUT2D eigenvalue weighted by Gasteiger charge is -2.18. The number of nitrogens with one attached hydrogen (secondary N) is 2. The first kappa shape index (κ1) is 19.4. The molecule has 1 heterocycles. The number of amides is 4. The van der Waals surface area contributed by atoms with E-state index in [0.29, 0.717) is 6.54 Å². The van der Waals surface area contributed by atoms with Crippen LogP contribution in [0.4, 0.5) is 10.5 Å². The lowest BCUT2D eigenvalue weighted by molar-refractivity contribution is -0.158.